The second-order valence-corrected chi connectivity index (χ2v) is 6.54. The van der Waals surface area contributed by atoms with Gasteiger partial charge in [-0.05, 0) is 36.4 Å². The molecule has 138 valence electrons. The Morgan fingerprint density at radius 3 is 1.39 bits per heavy atom. The molecule has 28 heavy (non-hydrogen) atoms. The Hall–Kier alpha value is -3.80. The Balaban J connectivity index is 1.68. The van der Waals surface area contributed by atoms with E-state index < -0.39 is 11.9 Å². The van der Waals surface area contributed by atoms with Crippen LogP contribution in [0.4, 0.5) is 22.7 Å². The normalized spacial score (nSPS) is 15.4. The van der Waals surface area contributed by atoms with Crippen molar-refractivity contribution >= 4 is 34.7 Å². The summed E-state index contributed by atoms with van der Waals surface area (Å²) in [4.78, 5) is 28.7. The third kappa shape index (κ3) is 2.58. The maximum Gasteiger partial charge on any atom is 0.342 e. The molecule has 0 aliphatic carbocycles. The summed E-state index contributed by atoms with van der Waals surface area (Å²) >= 11 is 0. The van der Waals surface area contributed by atoms with Crippen molar-refractivity contribution in [2.24, 2.45) is 0 Å². The maximum atomic E-state index is 12.5. The molecule has 0 N–H and O–H groups in total. The zero-order chi connectivity index (χ0) is 19.1. The molecule has 0 radical (unpaired) electrons. The van der Waals surface area contributed by atoms with E-state index in [0.29, 0.717) is 22.5 Å². The maximum absolute atomic E-state index is 12.5. The van der Waals surface area contributed by atoms with E-state index in [9.17, 15) is 9.59 Å². The summed E-state index contributed by atoms with van der Waals surface area (Å²) in [6.45, 7) is 0.179. The summed E-state index contributed by atoms with van der Waals surface area (Å²) in [7, 11) is 0. The summed E-state index contributed by atoms with van der Waals surface area (Å²) < 4.78 is 10.8. The molecule has 6 heteroatoms. The predicted molar refractivity (Wildman–Crippen MR) is 104 cm³/mol. The summed E-state index contributed by atoms with van der Waals surface area (Å²) in [6.07, 6.45) is 0. The molecule has 0 saturated carbocycles. The number of nitrogens with zero attached hydrogens (tertiary/aromatic N) is 2. The van der Waals surface area contributed by atoms with Gasteiger partial charge in [0.05, 0.1) is 22.5 Å². The highest BCUT2D eigenvalue weighted by Crippen LogP contribution is 2.40. The quantitative estimate of drug-likeness (QED) is 0.628. The molecule has 0 fully saturated rings. The molecule has 3 aromatic carbocycles. The van der Waals surface area contributed by atoms with Crippen LogP contribution in [0.1, 0.15) is 20.7 Å². The van der Waals surface area contributed by atoms with E-state index in [4.69, 9.17) is 9.47 Å². The monoisotopic (exact) mass is 372 g/mol. The van der Waals surface area contributed by atoms with E-state index in [-0.39, 0.29) is 13.5 Å². The average Bonchev–Trinajstić information content (AvgIpc) is 2.75. The van der Waals surface area contributed by atoms with Crippen LogP contribution in [-0.4, -0.2) is 25.4 Å². The summed E-state index contributed by atoms with van der Waals surface area (Å²) in [5.41, 5.74) is 3.86. The highest BCUT2D eigenvalue weighted by atomic mass is 16.6. The molecular weight excluding hydrogens is 356 g/mol. The van der Waals surface area contributed by atoms with E-state index in [1.165, 1.54) is 0 Å². The first-order valence-corrected chi connectivity index (χ1v) is 8.90. The first-order valence-electron chi connectivity index (χ1n) is 8.90. The van der Waals surface area contributed by atoms with Crippen LogP contribution in [0.3, 0.4) is 0 Å². The number of esters is 2. The van der Waals surface area contributed by atoms with Gasteiger partial charge in [-0.2, -0.15) is 0 Å². The minimum atomic E-state index is -0.406. The molecule has 0 atom stereocenters. The van der Waals surface area contributed by atoms with Gasteiger partial charge in [0.2, 0.25) is 0 Å². The number of fused-ring (bicyclic) bond motifs is 2. The fraction of sp³-hybridized carbons (Fsp3) is 0.0909. The predicted octanol–water partition coefficient (Wildman–Crippen LogP) is 4.22. The molecule has 2 heterocycles. The van der Waals surface area contributed by atoms with E-state index in [2.05, 4.69) is 0 Å². The Morgan fingerprint density at radius 1 is 0.607 bits per heavy atom. The molecule has 0 spiro atoms. The lowest BCUT2D eigenvalue weighted by atomic mass is 10.0. The highest BCUT2D eigenvalue weighted by molar-refractivity contribution is 6.06. The van der Waals surface area contributed by atoms with Crippen molar-refractivity contribution in [3.8, 4) is 0 Å². The standard InChI is InChI=1S/C22H16N2O4/c25-21-17-12-20-18(22(26)28-14-24(20)16-9-5-2-6-10-16)11-19(17)23(13-27-21)15-7-3-1-4-8-15/h1-12H,13-14H2. The molecule has 5 rings (SSSR count). The molecule has 0 unspecified atom stereocenters. The first-order chi connectivity index (χ1) is 13.7. The van der Waals surface area contributed by atoms with Crippen molar-refractivity contribution in [3.63, 3.8) is 0 Å². The van der Waals surface area contributed by atoms with Gasteiger partial charge in [-0.25, -0.2) is 9.59 Å². The fourth-order valence-electron chi connectivity index (χ4n) is 3.53. The minimum Gasteiger partial charge on any atom is -0.440 e. The average molecular weight is 372 g/mol. The van der Waals surface area contributed by atoms with Gasteiger partial charge in [0.1, 0.15) is 0 Å². The largest absolute Gasteiger partial charge is 0.440 e. The number of anilines is 4. The summed E-state index contributed by atoms with van der Waals surface area (Å²) in [5, 5.41) is 0. The lowest BCUT2D eigenvalue weighted by Gasteiger charge is -2.35. The van der Waals surface area contributed by atoms with Gasteiger partial charge >= 0.3 is 11.9 Å². The number of hydrogen-bond acceptors (Lipinski definition) is 6. The van der Waals surface area contributed by atoms with Crippen LogP contribution in [0.15, 0.2) is 72.8 Å². The molecule has 2 aliphatic heterocycles. The Kier molecular flexibility index (Phi) is 3.76. The van der Waals surface area contributed by atoms with Crippen LogP contribution in [-0.2, 0) is 9.47 Å². The molecule has 0 bridgehead atoms. The van der Waals surface area contributed by atoms with E-state index in [1.54, 1.807) is 12.1 Å². The van der Waals surface area contributed by atoms with Gasteiger partial charge in [-0.1, -0.05) is 36.4 Å². The van der Waals surface area contributed by atoms with Crippen molar-refractivity contribution in [1.82, 2.24) is 0 Å². The van der Waals surface area contributed by atoms with Crippen molar-refractivity contribution in [2.75, 3.05) is 23.3 Å². The zero-order valence-corrected chi connectivity index (χ0v) is 14.9. The number of para-hydroxylation sites is 2. The second-order valence-electron chi connectivity index (χ2n) is 6.54. The molecule has 2 aliphatic rings. The summed E-state index contributed by atoms with van der Waals surface area (Å²) in [6, 6.07) is 22.6. The smallest absolute Gasteiger partial charge is 0.342 e. The Bertz CT molecular complexity index is 979. The third-order valence-corrected chi connectivity index (χ3v) is 4.92. The lowest BCUT2D eigenvalue weighted by Crippen LogP contribution is -2.34. The highest BCUT2D eigenvalue weighted by Gasteiger charge is 2.33. The molecule has 3 aromatic rings. The van der Waals surface area contributed by atoms with Crippen LogP contribution in [0.2, 0.25) is 0 Å². The van der Waals surface area contributed by atoms with E-state index in [1.807, 2.05) is 70.5 Å². The Morgan fingerprint density at radius 2 is 1.00 bits per heavy atom. The minimum absolute atomic E-state index is 0.0894. The molecular formula is C22H16N2O4. The van der Waals surface area contributed by atoms with Gasteiger partial charge < -0.3 is 19.3 Å². The number of ether oxygens (including phenoxy) is 2. The fourth-order valence-corrected chi connectivity index (χ4v) is 3.53. The van der Waals surface area contributed by atoms with Gasteiger partial charge in [-0.15, -0.1) is 0 Å². The number of rotatable bonds is 2. The van der Waals surface area contributed by atoms with Crippen LogP contribution >= 0.6 is 0 Å². The van der Waals surface area contributed by atoms with Crippen molar-refractivity contribution in [2.45, 2.75) is 0 Å². The number of benzene rings is 3. The zero-order valence-electron chi connectivity index (χ0n) is 14.9. The van der Waals surface area contributed by atoms with Crippen LogP contribution in [0, 0.1) is 0 Å². The molecule has 6 nitrogen and oxygen atoms in total. The van der Waals surface area contributed by atoms with Crippen molar-refractivity contribution in [1.29, 1.82) is 0 Å². The Labute approximate surface area is 161 Å². The number of hydrogen-bond donors (Lipinski definition) is 0. The third-order valence-electron chi connectivity index (χ3n) is 4.92. The van der Waals surface area contributed by atoms with Crippen molar-refractivity contribution in [3.05, 3.63) is 83.9 Å². The number of cyclic esters (lactones) is 2. The molecule has 0 aromatic heterocycles. The van der Waals surface area contributed by atoms with E-state index >= 15 is 0 Å². The molecule has 0 saturated heterocycles. The van der Waals surface area contributed by atoms with Crippen LogP contribution in [0.5, 0.6) is 0 Å². The molecule has 0 amide bonds. The van der Waals surface area contributed by atoms with Crippen LogP contribution in [0.25, 0.3) is 0 Å². The van der Waals surface area contributed by atoms with E-state index in [0.717, 1.165) is 11.4 Å². The van der Waals surface area contributed by atoms with Crippen molar-refractivity contribution < 1.29 is 19.1 Å². The SMILES string of the molecule is O=C1OCN(c2ccccc2)c2cc3c(cc21)N(c1ccccc1)COC3=O. The van der Waals surface area contributed by atoms with Gasteiger partial charge in [-0.3, -0.25) is 0 Å². The number of carbonyl (C=O) groups excluding carboxylic acids is 2. The van der Waals surface area contributed by atoms with Crippen LogP contribution < -0.4 is 9.80 Å². The topological polar surface area (TPSA) is 59.1 Å². The number of carbonyl (C=O) groups is 2. The van der Waals surface area contributed by atoms with Gasteiger partial charge in [0, 0.05) is 11.4 Å². The first kappa shape index (κ1) is 16.4. The second kappa shape index (κ2) is 6.42. The van der Waals surface area contributed by atoms with Gasteiger partial charge in [0.25, 0.3) is 0 Å². The summed E-state index contributed by atoms with van der Waals surface area (Å²) in [5.74, 6) is -0.811. The lowest BCUT2D eigenvalue weighted by molar-refractivity contribution is 0.0473. The van der Waals surface area contributed by atoms with Gasteiger partial charge in [0.15, 0.2) is 13.5 Å².